The molecule has 0 aliphatic rings. The van der Waals surface area contributed by atoms with E-state index < -0.39 is 0 Å². The number of aromatic amines is 1. The van der Waals surface area contributed by atoms with Crippen molar-refractivity contribution in [3.05, 3.63) is 77.8 Å². The molecule has 138 valence electrons. The Morgan fingerprint density at radius 2 is 1.96 bits per heavy atom. The number of hydrogen-bond acceptors (Lipinski definition) is 4. The number of carbonyl (C=O) groups excluding carboxylic acids is 1. The van der Waals surface area contributed by atoms with Crippen LogP contribution in [0.5, 0.6) is 0 Å². The molecular formula is C21H22N4O2. The molecule has 1 heterocycles. The number of hydrogen-bond donors (Lipinski definition) is 3. The van der Waals surface area contributed by atoms with Gasteiger partial charge in [-0.15, -0.1) is 0 Å². The van der Waals surface area contributed by atoms with Crippen molar-refractivity contribution in [2.75, 3.05) is 14.2 Å². The van der Waals surface area contributed by atoms with E-state index in [4.69, 9.17) is 9.73 Å². The molecule has 0 fully saturated rings. The second-order valence-electron chi connectivity index (χ2n) is 5.99. The fourth-order valence-corrected chi connectivity index (χ4v) is 2.72. The lowest BCUT2D eigenvalue weighted by Crippen LogP contribution is -2.33. The highest BCUT2D eigenvalue weighted by Crippen LogP contribution is 2.25. The summed E-state index contributed by atoms with van der Waals surface area (Å²) in [5, 5.41) is 6.77. The van der Waals surface area contributed by atoms with Gasteiger partial charge in [-0.3, -0.25) is 4.79 Å². The van der Waals surface area contributed by atoms with Crippen LogP contribution in [-0.2, 0) is 9.53 Å². The standard InChI is InChI=1S/C21H22N4O2/c1-14-11-16-9-10-23-18(16)12-17(14)24-20(15-7-5-4-6-8-15)25-21(26)19(27-3)13-22-2/h4-13,22-23H,1-3H3,(H,24,25,26)/b19-13+. The zero-order valence-corrected chi connectivity index (χ0v) is 15.5. The monoisotopic (exact) mass is 362 g/mol. The molecule has 6 heteroatoms. The van der Waals surface area contributed by atoms with Crippen LogP contribution in [0.2, 0.25) is 0 Å². The predicted octanol–water partition coefficient (Wildman–Crippen LogP) is 3.38. The maximum absolute atomic E-state index is 12.6. The molecule has 1 amide bonds. The van der Waals surface area contributed by atoms with Gasteiger partial charge in [0.15, 0.2) is 5.76 Å². The highest BCUT2D eigenvalue weighted by atomic mass is 16.5. The normalized spacial score (nSPS) is 12.1. The van der Waals surface area contributed by atoms with Crippen LogP contribution in [0.1, 0.15) is 11.1 Å². The van der Waals surface area contributed by atoms with Crippen molar-refractivity contribution in [3.8, 4) is 0 Å². The number of nitrogens with zero attached hydrogens (tertiary/aromatic N) is 1. The Balaban J connectivity index is 2.03. The summed E-state index contributed by atoms with van der Waals surface area (Å²) in [5.74, 6) is 0.236. The Labute approximate surface area is 158 Å². The second kappa shape index (κ2) is 8.23. The number of carbonyl (C=O) groups is 1. The molecule has 6 nitrogen and oxygen atoms in total. The van der Waals surface area contributed by atoms with Gasteiger partial charge < -0.3 is 20.4 Å². The average molecular weight is 362 g/mol. The predicted molar refractivity (Wildman–Crippen MR) is 108 cm³/mol. The zero-order valence-electron chi connectivity index (χ0n) is 15.5. The second-order valence-corrected chi connectivity index (χ2v) is 5.99. The van der Waals surface area contributed by atoms with Gasteiger partial charge in [0.05, 0.1) is 12.8 Å². The number of benzene rings is 2. The third-order valence-corrected chi connectivity index (χ3v) is 4.10. The van der Waals surface area contributed by atoms with Crippen molar-refractivity contribution in [2.45, 2.75) is 6.92 Å². The summed E-state index contributed by atoms with van der Waals surface area (Å²) in [4.78, 5) is 20.5. The fourth-order valence-electron chi connectivity index (χ4n) is 2.72. The minimum Gasteiger partial charge on any atom is -0.490 e. The average Bonchev–Trinajstić information content (AvgIpc) is 3.13. The Kier molecular flexibility index (Phi) is 5.56. The maximum atomic E-state index is 12.6. The molecule has 0 aliphatic heterocycles. The number of H-pyrrole nitrogens is 1. The molecule has 3 aromatic rings. The molecule has 0 radical (unpaired) electrons. The van der Waals surface area contributed by atoms with Gasteiger partial charge in [-0.25, -0.2) is 4.99 Å². The van der Waals surface area contributed by atoms with Crippen LogP contribution < -0.4 is 10.6 Å². The van der Waals surface area contributed by atoms with Gasteiger partial charge in [-0.05, 0) is 36.1 Å². The number of methoxy groups -OCH3 is 1. The molecule has 1 aromatic heterocycles. The number of aliphatic imine (C=N–C) groups is 1. The van der Waals surface area contributed by atoms with Gasteiger partial charge in [0, 0.05) is 30.5 Å². The quantitative estimate of drug-likeness (QED) is 0.282. The molecule has 2 aromatic carbocycles. The number of rotatable bonds is 5. The van der Waals surface area contributed by atoms with Crippen LogP contribution in [0, 0.1) is 6.92 Å². The summed E-state index contributed by atoms with van der Waals surface area (Å²) in [6.45, 7) is 2.00. The molecular weight excluding hydrogens is 340 g/mol. The summed E-state index contributed by atoms with van der Waals surface area (Å²) in [7, 11) is 3.15. The lowest BCUT2D eigenvalue weighted by Gasteiger charge is -2.12. The SMILES string of the molecule is CN/C=C(/OC)C(=O)NC(=Nc1cc2[nH]ccc2cc1C)c1ccccc1. The highest BCUT2D eigenvalue weighted by Gasteiger charge is 2.14. The molecule has 3 rings (SSSR count). The topological polar surface area (TPSA) is 78.5 Å². The summed E-state index contributed by atoms with van der Waals surface area (Å²) < 4.78 is 5.14. The number of nitrogens with one attached hydrogen (secondary N) is 3. The highest BCUT2D eigenvalue weighted by molar-refractivity contribution is 6.12. The number of ether oxygens (including phenoxy) is 1. The van der Waals surface area contributed by atoms with Crippen molar-refractivity contribution in [3.63, 3.8) is 0 Å². The van der Waals surface area contributed by atoms with E-state index in [9.17, 15) is 4.79 Å². The van der Waals surface area contributed by atoms with Crippen molar-refractivity contribution in [1.29, 1.82) is 0 Å². The van der Waals surface area contributed by atoms with E-state index in [2.05, 4.69) is 21.7 Å². The van der Waals surface area contributed by atoms with Gasteiger partial charge >= 0.3 is 0 Å². The minimum atomic E-state index is -0.381. The molecule has 0 bridgehead atoms. The van der Waals surface area contributed by atoms with E-state index in [1.54, 1.807) is 7.05 Å². The molecule has 0 unspecified atom stereocenters. The first-order chi connectivity index (χ1) is 13.1. The van der Waals surface area contributed by atoms with Crippen molar-refractivity contribution < 1.29 is 9.53 Å². The van der Waals surface area contributed by atoms with Crippen LogP contribution in [0.25, 0.3) is 10.9 Å². The van der Waals surface area contributed by atoms with Crippen LogP contribution in [0.4, 0.5) is 5.69 Å². The van der Waals surface area contributed by atoms with Crippen LogP contribution in [0.3, 0.4) is 0 Å². The molecule has 0 saturated heterocycles. The number of aromatic nitrogens is 1. The number of aryl methyl sites for hydroxylation is 1. The minimum absolute atomic E-state index is 0.165. The lowest BCUT2D eigenvalue weighted by molar-refractivity contribution is -0.119. The smallest absolute Gasteiger partial charge is 0.293 e. The number of amidine groups is 1. The van der Waals surface area contributed by atoms with Gasteiger partial charge in [-0.2, -0.15) is 0 Å². The largest absolute Gasteiger partial charge is 0.490 e. The van der Waals surface area contributed by atoms with Gasteiger partial charge in [0.25, 0.3) is 5.91 Å². The van der Waals surface area contributed by atoms with E-state index in [1.807, 2.05) is 55.6 Å². The Hall–Kier alpha value is -3.54. The Bertz CT molecular complexity index is 1000. The molecule has 0 atom stereocenters. The summed E-state index contributed by atoms with van der Waals surface area (Å²) in [6.07, 6.45) is 3.39. The van der Waals surface area contributed by atoms with Crippen LogP contribution >= 0.6 is 0 Å². The van der Waals surface area contributed by atoms with Gasteiger partial charge in [0.1, 0.15) is 5.84 Å². The van der Waals surface area contributed by atoms with E-state index in [0.29, 0.717) is 5.84 Å². The Morgan fingerprint density at radius 1 is 1.19 bits per heavy atom. The molecule has 0 saturated carbocycles. The van der Waals surface area contributed by atoms with Gasteiger partial charge in [0.2, 0.25) is 0 Å². The molecule has 0 aliphatic carbocycles. The van der Waals surface area contributed by atoms with E-state index in [-0.39, 0.29) is 11.7 Å². The lowest BCUT2D eigenvalue weighted by atomic mass is 10.1. The first-order valence-electron chi connectivity index (χ1n) is 8.57. The first-order valence-corrected chi connectivity index (χ1v) is 8.57. The molecule has 0 spiro atoms. The fraction of sp³-hybridized carbons (Fsp3) is 0.143. The van der Waals surface area contributed by atoms with Gasteiger partial charge in [-0.1, -0.05) is 30.3 Å². The van der Waals surface area contributed by atoms with Crippen LogP contribution in [0.15, 0.2) is 71.7 Å². The van der Waals surface area contributed by atoms with E-state index >= 15 is 0 Å². The zero-order chi connectivity index (χ0) is 19.2. The maximum Gasteiger partial charge on any atom is 0.293 e. The van der Waals surface area contributed by atoms with Crippen molar-refractivity contribution in [2.24, 2.45) is 4.99 Å². The molecule has 3 N–H and O–H groups in total. The molecule has 27 heavy (non-hydrogen) atoms. The summed E-state index contributed by atoms with van der Waals surface area (Å²) >= 11 is 0. The number of amides is 1. The van der Waals surface area contributed by atoms with Crippen molar-refractivity contribution >= 4 is 28.3 Å². The number of fused-ring (bicyclic) bond motifs is 1. The Morgan fingerprint density at radius 3 is 2.67 bits per heavy atom. The van der Waals surface area contributed by atoms with Crippen molar-refractivity contribution in [1.82, 2.24) is 15.6 Å². The van der Waals surface area contributed by atoms with E-state index in [0.717, 1.165) is 27.7 Å². The summed E-state index contributed by atoms with van der Waals surface area (Å²) in [5.41, 5.74) is 3.59. The first kappa shape index (κ1) is 18.3. The third-order valence-electron chi connectivity index (χ3n) is 4.10. The third kappa shape index (κ3) is 4.17. The van der Waals surface area contributed by atoms with Crippen LogP contribution in [-0.4, -0.2) is 30.9 Å². The van der Waals surface area contributed by atoms with E-state index in [1.165, 1.54) is 13.3 Å². The summed E-state index contributed by atoms with van der Waals surface area (Å²) in [6, 6.07) is 15.6.